The monoisotopic (exact) mass is 363 g/mol. The second kappa shape index (κ2) is 5.62. The Morgan fingerprint density at radius 3 is 2.16 bits per heavy atom. The van der Waals surface area contributed by atoms with Gasteiger partial charge in [0.1, 0.15) is 5.60 Å². The highest BCUT2D eigenvalue weighted by Gasteiger charge is 2.52. The molecule has 3 saturated heterocycles. The normalized spacial score (nSPS) is 38.9. The van der Waals surface area contributed by atoms with E-state index >= 15 is 0 Å². The lowest BCUT2D eigenvalue weighted by Crippen LogP contribution is -2.41. The molecule has 0 spiro atoms. The quantitative estimate of drug-likeness (QED) is 0.810. The van der Waals surface area contributed by atoms with Crippen molar-refractivity contribution in [3.05, 3.63) is 24.0 Å². The summed E-state index contributed by atoms with van der Waals surface area (Å²) >= 11 is 0. The van der Waals surface area contributed by atoms with Crippen molar-refractivity contribution < 1.29 is 18.6 Å². The van der Waals surface area contributed by atoms with E-state index in [-0.39, 0.29) is 21.7 Å². The smallest absolute Gasteiger partial charge is 0.399 e. The largest absolute Gasteiger partial charge is 0.496 e. The first-order chi connectivity index (χ1) is 11.6. The van der Waals surface area contributed by atoms with Gasteiger partial charge in [-0.1, -0.05) is 6.07 Å². The third-order valence-corrected chi connectivity index (χ3v) is 8.51. The molecule has 7 heteroatoms. The van der Waals surface area contributed by atoms with Crippen LogP contribution in [-0.4, -0.2) is 43.1 Å². The summed E-state index contributed by atoms with van der Waals surface area (Å²) in [6.07, 6.45) is 4.72. The Bertz CT molecular complexity index is 674. The van der Waals surface area contributed by atoms with E-state index in [1.54, 1.807) is 6.20 Å². The van der Waals surface area contributed by atoms with Gasteiger partial charge >= 0.3 is 7.12 Å². The van der Waals surface area contributed by atoms with Gasteiger partial charge in [0.25, 0.3) is 0 Å². The Labute approximate surface area is 152 Å². The van der Waals surface area contributed by atoms with Gasteiger partial charge in [-0.3, -0.25) is 9.19 Å². The van der Waals surface area contributed by atoms with E-state index in [2.05, 4.69) is 4.98 Å². The predicted molar refractivity (Wildman–Crippen MR) is 98.0 cm³/mol. The molecule has 1 N–H and O–H groups in total. The highest BCUT2D eigenvalue weighted by molar-refractivity contribution is 7.86. The van der Waals surface area contributed by atoms with E-state index in [4.69, 9.17) is 9.31 Å². The van der Waals surface area contributed by atoms with Crippen molar-refractivity contribution in [2.24, 2.45) is 0 Å². The summed E-state index contributed by atoms with van der Waals surface area (Å²) in [7, 11) is -1.24. The van der Waals surface area contributed by atoms with Crippen LogP contribution in [0, 0.1) is 0 Å². The van der Waals surface area contributed by atoms with Crippen molar-refractivity contribution in [2.45, 2.75) is 80.7 Å². The van der Waals surface area contributed by atoms with Gasteiger partial charge in [0.05, 0.1) is 16.9 Å². The highest BCUT2D eigenvalue weighted by atomic mass is 32.2. The van der Waals surface area contributed by atoms with Crippen molar-refractivity contribution in [3.63, 3.8) is 0 Å². The van der Waals surface area contributed by atoms with Gasteiger partial charge in [-0.2, -0.15) is 0 Å². The van der Waals surface area contributed by atoms with Crippen LogP contribution in [0.15, 0.2) is 18.3 Å². The average Bonchev–Trinajstić information content (AvgIpc) is 2.88. The number of aromatic nitrogens is 1. The Kier molecular flexibility index (Phi) is 3.97. The first-order valence-electron chi connectivity index (χ1n) is 9.05. The molecule has 2 bridgehead atoms. The molecule has 0 amide bonds. The summed E-state index contributed by atoms with van der Waals surface area (Å²) in [4.78, 5) is 4.53. The fourth-order valence-corrected chi connectivity index (χ4v) is 6.25. The topological polar surface area (TPSA) is 68.7 Å². The van der Waals surface area contributed by atoms with Crippen molar-refractivity contribution >= 4 is 23.4 Å². The summed E-state index contributed by atoms with van der Waals surface area (Å²) < 4.78 is 24.3. The molecule has 136 valence electrons. The van der Waals surface area contributed by atoms with Crippen molar-refractivity contribution in [3.8, 4) is 0 Å². The number of hydrogen-bond donors (Lipinski definition) is 1. The minimum atomic E-state index is -0.964. The minimum Gasteiger partial charge on any atom is -0.399 e. The predicted octanol–water partition coefficient (Wildman–Crippen LogP) is 1.64. The molecule has 0 aliphatic carbocycles. The Morgan fingerprint density at radius 1 is 1.12 bits per heavy atom. The van der Waals surface area contributed by atoms with E-state index < -0.39 is 23.5 Å². The van der Waals surface area contributed by atoms with Gasteiger partial charge in [-0.25, -0.2) is 0 Å². The summed E-state index contributed by atoms with van der Waals surface area (Å²) in [6, 6.07) is 3.80. The molecular weight excluding hydrogens is 337 g/mol. The lowest BCUT2D eigenvalue weighted by molar-refractivity contribution is 0.00578. The molecule has 5 nitrogen and oxygen atoms in total. The highest BCUT2D eigenvalue weighted by Crippen LogP contribution is 2.45. The van der Waals surface area contributed by atoms with Crippen LogP contribution in [0.25, 0.3) is 0 Å². The number of pyridine rings is 1. The zero-order chi connectivity index (χ0) is 18.0. The zero-order valence-electron chi connectivity index (χ0n) is 15.3. The van der Waals surface area contributed by atoms with Crippen LogP contribution in [0.1, 0.15) is 59.1 Å². The summed E-state index contributed by atoms with van der Waals surface area (Å²) in [5, 5.41) is 11.3. The first-order valence-corrected chi connectivity index (χ1v) is 10.3. The molecule has 3 aliphatic rings. The molecule has 1 aromatic heterocycles. The van der Waals surface area contributed by atoms with Gasteiger partial charge in [-0.15, -0.1) is 0 Å². The average molecular weight is 363 g/mol. The Morgan fingerprint density at radius 2 is 1.68 bits per heavy atom. The van der Waals surface area contributed by atoms with E-state index in [9.17, 15) is 9.32 Å². The van der Waals surface area contributed by atoms with Gasteiger partial charge < -0.3 is 14.4 Å². The second-order valence-electron chi connectivity index (χ2n) is 8.65. The maximum atomic E-state index is 12.2. The zero-order valence-corrected chi connectivity index (χ0v) is 16.1. The van der Waals surface area contributed by atoms with Crippen molar-refractivity contribution in [1.29, 1.82) is 0 Å². The maximum Gasteiger partial charge on any atom is 0.496 e. The van der Waals surface area contributed by atoms with E-state index in [1.807, 2.05) is 39.8 Å². The van der Waals surface area contributed by atoms with Crippen molar-refractivity contribution in [2.75, 3.05) is 0 Å². The minimum absolute atomic E-state index is 0.105. The first kappa shape index (κ1) is 17.6. The summed E-state index contributed by atoms with van der Waals surface area (Å²) in [6.45, 7) is 8.09. The van der Waals surface area contributed by atoms with Crippen LogP contribution in [0.4, 0.5) is 0 Å². The lowest BCUT2D eigenvalue weighted by Gasteiger charge is -2.35. The summed E-state index contributed by atoms with van der Waals surface area (Å²) in [5.74, 6) is 0. The molecule has 3 fully saturated rings. The molecule has 2 atom stereocenters. The molecule has 1 aromatic rings. The number of hydrogen-bond acceptors (Lipinski definition) is 5. The number of aliphatic hydroxyl groups is 1. The van der Waals surface area contributed by atoms with Crippen LogP contribution in [0.5, 0.6) is 0 Å². The molecule has 25 heavy (non-hydrogen) atoms. The number of rotatable bonds is 2. The fraction of sp³-hybridized carbons (Fsp3) is 0.722. The molecule has 4 rings (SSSR count). The maximum absolute atomic E-state index is 12.2. The molecular formula is C18H26BNO4S. The Balaban J connectivity index is 1.54. The van der Waals surface area contributed by atoms with Crippen LogP contribution in [0.3, 0.4) is 0 Å². The molecule has 4 heterocycles. The standard InChI is InChI=1S/C18H26BNO4S/c1-16(2)17(3,4)24-19(23-16)12-5-8-15(20-11-12)18(21)9-13-6-7-14(10-18)25(13)22/h5,8,11,13-14,21H,6-7,9-10H2,1-4H3. The van der Waals surface area contributed by atoms with Gasteiger partial charge in [0.2, 0.25) is 0 Å². The molecule has 2 unspecified atom stereocenters. The summed E-state index contributed by atoms with van der Waals surface area (Å²) in [5.41, 5.74) is -0.217. The van der Waals surface area contributed by atoms with Gasteiger partial charge in [0, 0.05) is 33.0 Å². The Hall–Kier alpha value is -0.755. The van der Waals surface area contributed by atoms with Crippen LogP contribution in [-0.2, 0) is 25.7 Å². The van der Waals surface area contributed by atoms with E-state index in [1.165, 1.54) is 0 Å². The second-order valence-corrected chi connectivity index (χ2v) is 10.6. The van der Waals surface area contributed by atoms with Crippen LogP contribution in [0.2, 0.25) is 0 Å². The SMILES string of the molecule is CC1(C)OB(c2ccc(C3(O)CC4CCC(C3)S4=O)nc2)OC1(C)C. The van der Waals surface area contributed by atoms with Crippen LogP contribution >= 0.6 is 0 Å². The van der Waals surface area contributed by atoms with Gasteiger partial charge in [0.15, 0.2) is 0 Å². The van der Waals surface area contributed by atoms with Crippen molar-refractivity contribution in [1.82, 2.24) is 4.98 Å². The molecule has 0 aromatic carbocycles. The fourth-order valence-electron chi connectivity index (χ4n) is 4.09. The van der Waals surface area contributed by atoms with E-state index in [0.29, 0.717) is 18.5 Å². The third kappa shape index (κ3) is 2.80. The molecule has 3 aliphatic heterocycles. The molecule has 0 radical (unpaired) electrons. The third-order valence-electron chi connectivity index (χ3n) is 6.39. The van der Waals surface area contributed by atoms with E-state index in [0.717, 1.165) is 18.3 Å². The number of fused-ring (bicyclic) bond motifs is 2. The van der Waals surface area contributed by atoms with Gasteiger partial charge in [-0.05, 0) is 59.4 Å². The number of nitrogens with zero attached hydrogens (tertiary/aromatic N) is 1. The van der Waals surface area contributed by atoms with Crippen LogP contribution < -0.4 is 5.46 Å². The molecule has 0 saturated carbocycles. The lowest BCUT2D eigenvalue weighted by atomic mass is 9.79.